The summed E-state index contributed by atoms with van der Waals surface area (Å²) < 4.78 is 1.87. The predicted octanol–water partition coefficient (Wildman–Crippen LogP) is 4.21. The van der Waals surface area contributed by atoms with Crippen molar-refractivity contribution in [1.82, 2.24) is 9.55 Å². The van der Waals surface area contributed by atoms with E-state index in [4.69, 9.17) is 11.6 Å². The van der Waals surface area contributed by atoms with Gasteiger partial charge >= 0.3 is 0 Å². The standard InChI is InChI=1S/C22H21ClN4O/c23-18-6-2-1-5-16(18)14-25-15-24-13-21(25)22(28)27-12-11-26(17-9-10-17)19-7-3-4-8-20(19)27/h1-8,13,15,17H,9-12,14H2. The highest BCUT2D eigenvalue weighted by atomic mass is 35.5. The number of para-hydroxylation sites is 2. The predicted molar refractivity (Wildman–Crippen MR) is 111 cm³/mol. The average Bonchev–Trinajstić information content (AvgIpc) is 3.47. The highest BCUT2D eigenvalue weighted by Gasteiger charge is 2.36. The molecule has 6 heteroatoms. The molecule has 0 bridgehead atoms. The van der Waals surface area contributed by atoms with E-state index in [1.807, 2.05) is 51.9 Å². The van der Waals surface area contributed by atoms with Crippen molar-refractivity contribution in [2.75, 3.05) is 22.9 Å². The van der Waals surface area contributed by atoms with Crippen LogP contribution in [0.25, 0.3) is 0 Å². The number of halogens is 1. The lowest BCUT2D eigenvalue weighted by atomic mass is 10.1. The number of amides is 1. The van der Waals surface area contributed by atoms with E-state index in [1.54, 1.807) is 12.5 Å². The largest absolute Gasteiger partial charge is 0.365 e. The molecule has 142 valence electrons. The number of hydrogen-bond donors (Lipinski definition) is 0. The van der Waals surface area contributed by atoms with Gasteiger partial charge in [0.1, 0.15) is 5.69 Å². The molecule has 3 aromatic rings. The molecule has 1 amide bonds. The van der Waals surface area contributed by atoms with Crippen LogP contribution in [0.5, 0.6) is 0 Å². The van der Waals surface area contributed by atoms with Gasteiger partial charge in [-0.15, -0.1) is 0 Å². The van der Waals surface area contributed by atoms with Gasteiger partial charge in [0.2, 0.25) is 0 Å². The molecule has 0 spiro atoms. The fraction of sp³-hybridized carbons (Fsp3) is 0.273. The molecule has 2 heterocycles. The highest BCUT2D eigenvalue weighted by Crippen LogP contribution is 2.40. The van der Waals surface area contributed by atoms with E-state index in [2.05, 4.69) is 16.0 Å². The molecule has 5 rings (SSSR count). The maximum atomic E-state index is 13.4. The third-order valence-corrected chi connectivity index (χ3v) is 5.88. The second-order valence-electron chi connectivity index (χ2n) is 7.37. The lowest BCUT2D eigenvalue weighted by Gasteiger charge is -2.38. The zero-order chi connectivity index (χ0) is 19.1. The number of imidazole rings is 1. The average molecular weight is 393 g/mol. The Kier molecular flexibility index (Phi) is 4.32. The summed E-state index contributed by atoms with van der Waals surface area (Å²) in [6.07, 6.45) is 5.83. The molecule has 0 N–H and O–H groups in total. The Balaban J connectivity index is 1.45. The van der Waals surface area contributed by atoms with Gasteiger partial charge in [-0.2, -0.15) is 0 Å². The van der Waals surface area contributed by atoms with Crippen LogP contribution in [-0.4, -0.2) is 34.6 Å². The molecule has 1 aliphatic heterocycles. The van der Waals surface area contributed by atoms with Crippen LogP contribution in [0.15, 0.2) is 61.1 Å². The topological polar surface area (TPSA) is 41.4 Å². The molecule has 1 aromatic heterocycles. The van der Waals surface area contributed by atoms with Crippen molar-refractivity contribution < 1.29 is 4.79 Å². The Morgan fingerprint density at radius 1 is 1.04 bits per heavy atom. The van der Waals surface area contributed by atoms with Gasteiger partial charge < -0.3 is 14.4 Å². The van der Waals surface area contributed by atoms with E-state index < -0.39 is 0 Å². The van der Waals surface area contributed by atoms with Gasteiger partial charge in [0.05, 0.1) is 30.4 Å². The first kappa shape index (κ1) is 17.3. The quantitative estimate of drug-likeness (QED) is 0.667. The summed E-state index contributed by atoms with van der Waals surface area (Å²) in [6.45, 7) is 2.07. The van der Waals surface area contributed by atoms with Gasteiger partial charge in [-0.1, -0.05) is 41.9 Å². The van der Waals surface area contributed by atoms with Crippen LogP contribution >= 0.6 is 11.6 Å². The summed E-state index contributed by atoms with van der Waals surface area (Å²) in [5, 5.41) is 0.693. The van der Waals surface area contributed by atoms with Gasteiger partial charge in [-0.3, -0.25) is 4.79 Å². The van der Waals surface area contributed by atoms with Gasteiger partial charge in [-0.25, -0.2) is 4.98 Å². The Morgan fingerprint density at radius 2 is 1.79 bits per heavy atom. The number of carbonyl (C=O) groups excluding carboxylic acids is 1. The lowest BCUT2D eigenvalue weighted by molar-refractivity contribution is 0.0978. The van der Waals surface area contributed by atoms with Crippen molar-refractivity contribution in [3.63, 3.8) is 0 Å². The Hall–Kier alpha value is -2.79. The molecule has 2 aliphatic rings. The van der Waals surface area contributed by atoms with Gasteiger partial charge in [0.15, 0.2) is 0 Å². The number of anilines is 2. The molecular weight excluding hydrogens is 372 g/mol. The number of fused-ring (bicyclic) bond motifs is 1. The van der Waals surface area contributed by atoms with Crippen LogP contribution in [0.4, 0.5) is 11.4 Å². The molecule has 1 aliphatic carbocycles. The highest BCUT2D eigenvalue weighted by molar-refractivity contribution is 6.31. The summed E-state index contributed by atoms with van der Waals surface area (Å²) in [7, 11) is 0. The number of nitrogens with zero attached hydrogens (tertiary/aromatic N) is 4. The zero-order valence-corrected chi connectivity index (χ0v) is 16.2. The van der Waals surface area contributed by atoms with E-state index in [9.17, 15) is 4.79 Å². The van der Waals surface area contributed by atoms with Gasteiger partial charge in [0, 0.05) is 24.2 Å². The van der Waals surface area contributed by atoms with Crippen LogP contribution in [0, 0.1) is 0 Å². The molecule has 0 saturated heterocycles. The van der Waals surface area contributed by atoms with Crippen molar-refractivity contribution in [3.8, 4) is 0 Å². The summed E-state index contributed by atoms with van der Waals surface area (Å²) >= 11 is 6.31. The van der Waals surface area contributed by atoms with E-state index >= 15 is 0 Å². The Bertz CT molecular complexity index is 1030. The number of benzene rings is 2. The monoisotopic (exact) mass is 392 g/mol. The molecule has 0 radical (unpaired) electrons. The van der Waals surface area contributed by atoms with Crippen LogP contribution < -0.4 is 9.80 Å². The summed E-state index contributed by atoms with van der Waals surface area (Å²) in [4.78, 5) is 22.0. The molecule has 0 unspecified atom stereocenters. The maximum absolute atomic E-state index is 13.4. The van der Waals surface area contributed by atoms with Crippen LogP contribution in [0.1, 0.15) is 28.9 Å². The first-order chi connectivity index (χ1) is 13.7. The van der Waals surface area contributed by atoms with Crippen LogP contribution in [0.2, 0.25) is 5.02 Å². The van der Waals surface area contributed by atoms with Crippen molar-refractivity contribution in [3.05, 3.63) is 77.3 Å². The third-order valence-electron chi connectivity index (χ3n) is 5.51. The minimum Gasteiger partial charge on any atom is -0.365 e. The number of carbonyl (C=O) groups is 1. The minimum absolute atomic E-state index is 0.0209. The van der Waals surface area contributed by atoms with Gasteiger partial charge in [-0.05, 0) is 36.6 Å². The van der Waals surface area contributed by atoms with E-state index in [1.165, 1.54) is 12.8 Å². The lowest BCUT2D eigenvalue weighted by Crippen LogP contribution is -2.45. The molecule has 2 aromatic carbocycles. The van der Waals surface area contributed by atoms with Crippen molar-refractivity contribution in [1.29, 1.82) is 0 Å². The molecule has 5 nitrogen and oxygen atoms in total. The Morgan fingerprint density at radius 3 is 2.57 bits per heavy atom. The normalized spacial score (nSPS) is 16.2. The van der Waals surface area contributed by atoms with Crippen LogP contribution in [-0.2, 0) is 6.54 Å². The first-order valence-electron chi connectivity index (χ1n) is 9.63. The van der Waals surface area contributed by atoms with Gasteiger partial charge in [0.25, 0.3) is 5.91 Å². The van der Waals surface area contributed by atoms with Crippen LogP contribution in [0.3, 0.4) is 0 Å². The number of hydrogen-bond acceptors (Lipinski definition) is 3. The fourth-order valence-electron chi connectivity index (χ4n) is 3.93. The van der Waals surface area contributed by atoms with E-state index in [0.29, 0.717) is 29.8 Å². The number of rotatable bonds is 4. The fourth-order valence-corrected chi connectivity index (χ4v) is 4.13. The SMILES string of the molecule is O=C(c1cncn1Cc1ccccc1Cl)N1CCN(C2CC2)c2ccccc21. The maximum Gasteiger partial charge on any atom is 0.276 e. The second kappa shape index (κ2) is 6.99. The second-order valence-corrected chi connectivity index (χ2v) is 7.78. The zero-order valence-electron chi connectivity index (χ0n) is 15.5. The molecular formula is C22H21ClN4O. The summed E-state index contributed by atoms with van der Waals surface area (Å²) in [5.74, 6) is -0.0209. The molecule has 1 saturated carbocycles. The van der Waals surface area contributed by atoms with Crippen molar-refractivity contribution in [2.24, 2.45) is 0 Å². The smallest absolute Gasteiger partial charge is 0.276 e. The molecule has 1 fully saturated rings. The minimum atomic E-state index is -0.0209. The summed E-state index contributed by atoms with van der Waals surface area (Å²) in [6, 6.07) is 16.5. The molecule has 28 heavy (non-hydrogen) atoms. The van der Waals surface area contributed by atoms with E-state index in [0.717, 1.165) is 23.5 Å². The Labute approximate surface area is 169 Å². The first-order valence-corrected chi connectivity index (χ1v) is 10.0. The van der Waals surface area contributed by atoms with Crippen molar-refractivity contribution in [2.45, 2.75) is 25.4 Å². The third kappa shape index (κ3) is 3.06. The molecule has 0 atom stereocenters. The summed E-state index contributed by atoms with van der Waals surface area (Å²) in [5.41, 5.74) is 3.68. The number of aromatic nitrogens is 2. The van der Waals surface area contributed by atoms with Crippen molar-refractivity contribution >= 4 is 28.9 Å². The van der Waals surface area contributed by atoms with E-state index in [-0.39, 0.29) is 5.91 Å².